The number of thiophene rings is 1. The molecule has 5 nitrogen and oxygen atoms in total. The van der Waals surface area contributed by atoms with Gasteiger partial charge in [0.25, 0.3) is 5.91 Å². The van der Waals surface area contributed by atoms with E-state index in [1.807, 2.05) is 30.5 Å². The number of carbonyl (C=O) groups excluding carboxylic acids is 1. The Morgan fingerprint density at radius 1 is 1.04 bits per heavy atom. The van der Waals surface area contributed by atoms with Crippen molar-refractivity contribution in [3.05, 3.63) is 76.8 Å². The molecule has 3 aromatic rings. The quantitative estimate of drug-likeness (QED) is 0.346. The van der Waals surface area contributed by atoms with E-state index in [0.29, 0.717) is 4.88 Å². The molecule has 128 valence electrons. The zero-order valence-corrected chi connectivity index (χ0v) is 14.4. The third-order valence-electron chi connectivity index (χ3n) is 3.77. The highest BCUT2D eigenvalue weighted by molar-refractivity contribution is 7.17. The third kappa shape index (κ3) is 4.73. The predicted octanol–water partition coefficient (Wildman–Crippen LogP) is 3.26. The fraction of sp³-hybridized carbons (Fsp3) is 0.158. The molecular weight excluding hydrogens is 334 g/mol. The summed E-state index contributed by atoms with van der Waals surface area (Å²) in [6, 6.07) is 17.9. The van der Waals surface area contributed by atoms with Crippen molar-refractivity contribution in [3.8, 4) is 10.6 Å². The zero-order valence-electron chi connectivity index (χ0n) is 13.6. The summed E-state index contributed by atoms with van der Waals surface area (Å²) in [5, 5.41) is 12.1. The maximum Gasteiger partial charge on any atom is 0.284 e. The van der Waals surface area contributed by atoms with E-state index in [9.17, 15) is 4.79 Å². The molecule has 0 aliphatic carbocycles. The topological polar surface area (TPSA) is 74.2 Å². The molecule has 1 amide bonds. The number of aromatic nitrogens is 1. The Morgan fingerprint density at radius 2 is 1.88 bits per heavy atom. The normalized spacial score (nSPS) is 10.6. The molecule has 6 heteroatoms. The summed E-state index contributed by atoms with van der Waals surface area (Å²) in [5.41, 5.74) is 4.89. The van der Waals surface area contributed by atoms with Crippen LogP contribution >= 0.6 is 11.3 Å². The van der Waals surface area contributed by atoms with Gasteiger partial charge in [0.05, 0.1) is 15.4 Å². The van der Waals surface area contributed by atoms with E-state index >= 15 is 0 Å². The Labute approximate surface area is 150 Å². The molecule has 25 heavy (non-hydrogen) atoms. The average Bonchev–Trinajstić information content (AvgIpc) is 3.16. The summed E-state index contributed by atoms with van der Waals surface area (Å²) in [6.45, 7) is 1.68. The van der Waals surface area contributed by atoms with Gasteiger partial charge in [-0.1, -0.05) is 36.4 Å². The molecule has 0 aliphatic rings. The summed E-state index contributed by atoms with van der Waals surface area (Å²) >= 11 is 1.29. The second kappa shape index (κ2) is 8.53. The van der Waals surface area contributed by atoms with Gasteiger partial charge in [0.2, 0.25) is 0 Å². The van der Waals surface area contributed by atoms with Crippen molar-refractivity contribution in [2.45, 2.75) is 13.0 Å². The van der Waals surface area contributed by atoms with Crippen LogP contribution in [0.2, 0.25) is 0 Å². The monoisotopic (exact) mass is 353 g/mol. The molecule has 3 N–H and O–H groups in total. The van der Waals surface area contributed by atoms with Crippen molar-refractivity contribution in [2.75, 3.05) is 6.54 Å². The van der Waals surface area contributed by atoms with E-state index in [2.05, 4.69) is 34.6 Å². The Hall–Kier alpha value is -2.54. The lowest BCUT2D eigenvalue weighted by atomic mass is 10.1. The van der Waals surface area contributed by atoms with E-state index < -0.39 is 5.91 Å². The molecular formula is C19H19N3O2S. The van der Waals surface area contributed by atoms with Crippen LogP contribution in [0.3, 0.4) is 0 Å². The zero-order chi connectivity index (χ0) is 17.5. The Kier molecular flexibility index (Phi) is 5.90. The van der Waals surface area contributed by atoms with E-state index in [-0.39, 0.29) is 0 Å². The molecule has 0 aliphatic heterocycles. The lowest BCUT2D eigenvalue weighted by molar-refractivity contribution is 0.0711. The van der Waals surface area contributed by atoms with Crippen LogP contribution in [0.25, 0.3) is 10.6 Å². The van der Waals surface area contributed by atoms with Crippen LogP contribution in [0, 0.1) is 0 Å². The van der Waals surface area contributed by atoms with Crippen LogP contribution in [0.4, 0.5) is 0 Å². The van der Waals surface area contributed by atoms with Crippen LogP contribution in [0.5, 0.6) is 0 Å². The third-order valence-corrected chi connectivity index (χ3v) is 4.88. The lowest BCUT2D eigenvalue weighted by Crippen LogP contribution is -2.16. The molecule has 2 heterocycles. The summed E-state index contributed by atoms with van der Waals surface area (Å²) in [7, 11) is 0. The van der Waals surface area contributed by atoms with Crippen molar-refractivity contribution >= 4 is 17.2 Å². The van der Waals surface area contributed by atoms with Crippen LogP contribution in [0.1, 0.15) is 20.8 Å². The van der Waals surface area contributed by atoms with Crippen LogP contribution in [-0.2, 0) is 13.0 Å². The van der Waals surface area contributed by atoms with Crippen molar-refractivity contribution in [3.63, 3.8) is 0 Å². The van der Waals surface area contributed by atoms with E-state index in [1.54, 1.807) is 11.5 Å². The second-order valence-corrected chi connectivity index (χ2v) is 6.65. The predicted molar refractivity (Wildman–Crippen MR) is 98.7 cm³/mol. The van der Waals surface area contributed by atoms with Crippen molar-refractivity contribution < 1.29 is 10.0 Å². The number of nitrogens with zero attached hydrogens (tertiary/aromatic N) is 1. The van der Waals surface area contributed by atoms with Gasteiger partial charge in [-0.3, -0.25) is 15.0 Å². The maximum absolute atomic E-state index is 11.4. The van der Waals surface area contributed by atoms with Crippen molar-refractivity contribution in [2.24, 2.45) is 0 Å². The summed E-state index contributed by atoms with van der Waals surface area (Å²) in [5.74, 6) is -0.504. The highest BCUT2D eigenvalue weighted by Gasteiger charge is 2.10. The van der Waals surface area contributed by atoms with Gasteiger partial charge in [0.1, 0.15) is 0 Å². The molecule has 0 saturated heterocycles. The van der Waals surface area contributed by atoms with E-state index in [4.69, 9.17) is 5.21 Å². The summed E-state index contributed by atoms with van der Waals surface area (Å²) < 4.78 is 0. The van der Waals surface area contributed by atoms with E-state index in [1.165, 1.54) is 16.9 Å². The molecule has 2 aromatic heterocycles. The Bertz CT molecular complexity index is 816. The van der Waals surface area contributed by atoms with Gasteiger partial charge >= 0.3 is 0 Å². The minimum absolute atomic E-state index is 0.450. The largest absolute Gasteiger partial charge is 0.312 e. The first kappa shape index (κ1) is 17.3. The first-order valence-electron chi connectivity index (χ1n) is 8.00. The fourth-order valence-corrected chi connectivity index (χ4v) is 3.31. The molecule has 3 rings (SSSR count). The highest BCUT2D eigenvalue weighted by Crippen LogP contribution is 2.26. The summed E-state index contributed by atoms with van der Waals surface area (Å²) in [6.07, 6.45) is 2.84. The molecule has 0 spiro atoms. The van der Waals surface area contributed by atoms with Crippen molar-refractivity contribution in [1.82, 2.24) is 15.8 Å². The molecule has 0 saturated carbocycles. The summed E-state index contributed by atoms with van der Waals surface area (Å²) in [4.78, 5) is 17.2. The number of hydroxylamine groups is 1. The van der Waals surface area contributed by atoms with Crippen LogP contribution in [0.15, 0.2) is 60.8 Å². The molecule has 0 fully saturated rings. The van der Waals surface area contributed by atoms with Gasteiger partial charge in [-0.25, -0.2) is 5.48 Å². The Balaban J connectivity index is 1.52. The smallest absolute Gasteiger partial charge is 0.284 e. The number of hydrogen-bond donors (Lipinski definition) is 3. The number of pyridine rings is 1. The minimum atomic E-state index is -0.504. The molecule has 0 unspecified atom stereocenters. The molecule has 0 atom stereocenters. The number of benzene rings is 1. The molecule has 0 bridgehead atoms. The number of carbonyl (C=O) groups is 1. The fourth-order valence-electron chi connectivity index (χ4n) is 2.44. The van der Waals surface area contributed by atoms with Gasteiger partial charge in [-0.15, -0.1) is 11.3 Å². The van der Waals surface area contributed by atoms with Crippen LogP contribution in [-0.4, -0.2) is 22.6 Å². The molecule has 1 aromatic carbocycles. The SMILES string of the molecule is O=C(NO)c1ccc(-c2ccc(CNCCc3ccccc3)cn2)s1. The standard InChI is InChI=1S/C19H19N3O2S/c23-19(22-24)18-9-8-17(25-18)16-7-6-15(13-21-16)12-20-11-10-14-4-2-1-3-5-14/h1-9,13,20,24H,10-12H2,(H,22,23). The van der Waals surface area contributed by atoms with Gasteiger partial charge in [-0.05, 0) is 42.3 Å². The Morgan fingerprint density at radius 3 is 2.60 bits per heavy atom. The van der Waals surface area contributed by atoms with Gasteiger partial charge in [0, 0.05) is 12.7 Å². The van der Waals surface area contributed by atoms with Crippen LogP contribution < -0.4 is 10.8 Å². The molecule has 0 radical (unpaired) electrons. The van der Waals surface area contributed by atoms with Gasteiger partial charge in [0.15, 0.2) is 0 Å². The highest BCUT2D eigenvalue weighted by atomic mass is 32.1. The second-order valence-electron chi connectivity index (χ2n) is 5.57. The first-order chi connectivity index (χ1) is 12.3. The minimum Gasteiger partial charge on any atom is -0.312 e. The first-order valence-corrected chi connectivity index (χ1v) is 8.82. The number of hydrogen-bond acceptors (Lipinski definition) is 5. The van der Waals surface area contributed by atoms with Crippen molar-refractivity contribution in [1.29, 1.82) is 0 Å². The van der Waals surface area contributed by atoms with E-state index in [0.717, 1.165) is 35.6 Å². The average molecular weight is 353 g/mol. The van der Waals surface area contributed by atoms with Gasteiger partial charge in [-0.2, -0.15) is 0 Å². The number of nitrogens with one attached hydrogen (secondary N) is 2. The maximum atomic E-state index is 11.4. The van der Waals surface area contributed by atoms with Gasteiger partial charge < -0.3 is 5.32 Å². The lowest BCUT2D eigenvalue weighted by Gasteiger charge is -2.05. The number of rotatable bonds is 7. The number of amides is 1.